The summed E-state index contributed by atoms with van der Waals surface area (Å²) < 4.78 is 0. The first-order chi connectivity index (χ1) is 8.35. The van der Waals surface area contributed by atoms with E-state index in [-0.39, 0.29) is 0 Å². The lowest BCUT2D eigenvalue weighted by atomic mass is 10.0. The van der Waals surface area contributed by atoms with E-state index < -0.39 is 0 Å². The number of nitrogens with one attached hydrogen (secondary N) is 1. The van der Waals surface area contributed by atoms with Crippen LogP contribution in [0.4, 0.5) is 5.69 Å². The highest BCUT2D eigenvalue weighted by atomic mass is 15.2. The Kier molecular flexibility index (Phi) is 4.43. The molecule has 1 aliphatic heterocycles. The lowest BCUT2D eigenvalue weighted by Crippen LogP contribution is -2.42. The Morgan fingerprint density at radius 1 is 1.29 bits per heavy atom. The molecule has 0 saturated heterocycles. The molecule has 1 heterocycles. The summed E-state index contributed by atoms with van der Waals surface area (Å²) in [6.45, 7) is 7.87. The number of hydrogen-bond acceptors (Lipinski definition) is 2. The summed E-state index contributed by atoms with van der Waals surface area (Å²) >= 11 is 0. The number of para-hydroxylation sites is 1. The minimum absolute atomic E-state index is 0.617. The molecule has 1 atom stereocenters. The maximum atomic E-state index is 3.57. The van der Waals surface area contributed by atoms with E-state index in [4.69, 9.17) is 0 Å². The highest BCUT2D eigenvalue weighted by molar-refractivity contribution is 5.55. The normalized spacial score (nSPS) is 16.7. The lowest BCUT2D eigenvalue weighted by molar-refractivity contribution is 0.495. The van der Waals surface area contributed by atoms with Crippen LogP contribution >= 0.6 is 0 Å². The first-order valence-electron chi connectivity index (χ1n) is 6.91. The van der Waals surface area contributed by atoms with Crippen LogP contribution < -0.4 is 10.2 Å². The third-order valence-corrected chi connectivity index (χ3v) is 3.63. The molecule has 1 unspecified atom stereocenters. The molecule has 0 saturated carbocycles. The van der Waals surface area contributed by atoms with E-state index in [9.17, 15) is 0 Å². The number of hydrogen-bond donors (Lipinski definition) is 1. The molecule has 0 fully saturated rings. The Balaban J connectivity index is 2.07. The summed E-state index contributed by atoms with van der Waals surface area (Å²) in [7, 11) is 0. The van der Waals surface area contributed by atoms with Crippen LogP contribution in [-0.2, 0) is 6.42 Å². The van der Waals surface area contributed by atoms with Crippen LogP contribution in [0.3, 0.4) is 0 Å². The van der Waals surface area contributed by atoms with Crippen LogP contribution in [0.5, 0.6) is 0 Å². The van der Waals surface area contributed by atoms with Crippen molar-refractivity contribution in [1.29, 1.82) is 0 Å². The molecule has 94 valence electrons. The molecule has 2 nitrogen and oxygen atoms in total. The minimum Gasteiger partial charge on any atom is -0.370 e. The number of fused-ring (bicyclic) bond motifs is 1. The fraction of sp³-hybridized carbons (Fsp3) is 0.600. The van der Waals surface area contributed by atoms with Gasteiger partial charge < -0.3 is 10.2 Å². The Hall–Kier alpha value is -1.02. The highest BCUT2D eigenvalue weighted by Gasteiger charge is 2.18. The van der Waals surface area contributed by atoms with Gasteiger partial charge in [0, 0.05) is 24.8 Å². The molecule has 1 N–H and O–H groups in total. The van der Waals surface area contributed by atoms with Gasteiger partial charge in [-0.1, -0.05) is 32.0 Å². The number of benzene rings is 1. The molecule has 1 aromatic carbocycles. The second-order valence-corrected chi connectivity index (χ2v) is 4.84. The molecule has 17 heavy (non-hydrogen) atoms. The van der Waals surface area contributed by atoms with Gasteiger partial charge in [0.25, 0.3) is 0 Å². The van der Waals surface area contributed by atoms with Gasteiger partial charge in [0.2, 0.25) is 0 Å². The topological polar surface area (TPSA) is 15.3 Å². The third kappa shape index (κ3) is 3.01. The van der Waals surface area contributed by atoms with Crippen molar-refractivity contribution in [2.45, 2.75) is 39.2 Å². The van der Waals surface area contributed by atoms with E-state index in [1.54, 1.807) is 0 Å². The third-order valence-electron chi connectivity index (χ3n) is 3.63. The van der Waals surface area contributed by atoms with Crippen LogP contribution in [0.15, 0.2) is 24.3 Å². The van der Waals surface area contributed by atoms with Gasteiger partial charge in [0.15, 0.2) is 0 Å². The summed E-state index contributed by atoms with van der Waals surface area (Å²) in [6.07, 6.45) is 3.73. The van der Waals surface area contributed by atoms with Crippen LogP contribution in [0.25, 0.3) is 0 Å². The van der Waals surface area contributed by atoms with Crippen molar-refractivity contribution in [3.63, 3.8) is 0 Å². The van der Waals surface area contributed by atoms with Crippen LogP contribution in [0, 0.1) is 0 Å². The Labute approximate surface area is 105 Å². The molecule has 0 bridgehead atoms. The molecular formula is C15H24N2. The van der Waals surface area contributed by atoms with Gasteiger partial charge in [0.1, 0.15) is 0 Å². The smallest absolute Gasteiger partial charge is 0.0399 e. The van der Waals surface area contributed by atoms with E-state index in [0.717, 1.165) is 13.1 Å². The fourth-order valence-electron chi connectivity index (χ4n) is 2.69. The number of rotatable bonds is 5. The average Bonchev–Trinajstić information content (AvgIpc) is 2.38. The van der Waals surface area contributed by atoms with E-state index in [1.165, 1.54) is 37.1 Å². The summed E-state index contributed by atoms with van der Waals surface area (Å²) in [4.78, 5) is 2.55. The predicted molar refractivity (Wildman–Crippen MR) is 74.7 cm³/mol. The second kappa shape index (κ2) is 6.06. The molecule has 1 aliphatic rings. The standard InChI is InChI=1S/C15H24N2/c1-3-14(16-4-2)12-17-11-7-9-13-8-5-6-10-15(13)17/h5-6,8,10,14,16H,3-4,7,9,11-12H2,1-2H3. The molecule has 2 heteroatoms. The Morgan fingerprint density at radius 2 is 2.12 bits per heavy atom. The highest BCUT2D eigenvalue weighted by Crippen LogP contribution is 2.26. The molecule has 0 aromatic heterocycles. The summed E-state index contributed by atoms with van der Waals surface area (Å²) in [5, 5.41) is 3.57. The lowest BCUT2D eigenvalue weighted by Gasteiger charge is -2.34. The van der Waals surface area contributed by atoms with Crippen molar-refractivity contribution < 1.29 is 0 Å². The van der Waals surface area contributed by atoms with Crippen molar-refractivity contribution in [3.05, 3.63) is 29.8 Å². The van der Waals surface area contributed by atoms with Gasteiger partial charge in [-0.05, 0) is 37.4 Å². The van der Waals surface area contributed by atoms with Gasteiger partial charge >= 0.3 is 0 Å². The number of nitrogens with zero attached hydrogens (tertiary/aromatic N) is 1. The average molecular weight is 232 g/mol. The molecule has 0 aliphatic carbocycles. The maximum absolute atomic E-state index is 3.57. The largest absolute Gasteiger partial charge is 0.370 e. The van der Waals surface area contributed by atoms with E-state index in [2.05, 4.69) is 48.3 Å². The zero-order valence-electron chi connectivity index (χ0n) is 11.1. The van der Waals surface area contributed by atoms with Crippen LogP contribution in [-0.4, -0.2) is 25.7 Å². The van der Waals surface area contributed by atoms with Crippen molar-refractivity contribution in [1.82, 2.24) is 5.32 Å². The minimum atomic E-state index is 0.617. The van der Waals surface area contributed by atoms with Gasteiger partial charge in [-0.2, -0.15) is 0 Å². The summed E-state index contributed by atoms with van der Waals surface area (Å²) in [6, 6.07) is 9.48. The predicted octanol–water partition coefficient (Wildman–Crippen LogP) is 2.83. The molecule has 2 rings (SSSR count). The molecular weight excluding hydrogens is 208 g/mol. The molecule has 1 aromatic rings. The van der Waals surface area contributed by atoms with Crippen molar-refractivity contribution in [3.8, 4) is 0 Å². The van der Waals surface area contributed by atoms with Crippen molar-refractivity contribution >= 4 is 5.69 Å². The first kappa shape index (κ1) is 12.4. The SMILES string of the molecule is CCNC(CC)CN1CCCc2ccccc21. The van der Waals surface area contributed by atoms with E-state index in [0.29, 0.717) is 6.04 Å². The number of anilines is 1. The number of aryl methyl sites for hydroxylation is 1. The van der Waals surface area contributed by atoms with Gasteiger partial charge in [-0.25, -0.2) is 0 Å². The van der Waals surface area contributed by atoms with Crippen LogP contribution in [0.2, 0.25) is 0 Å². The van der Waals surface area contributed by atoms with Gasteiger partial charge in [0.05, 0.1) is 0 Å². The molecule has 0 amide bonds. The maximum Gasteiger partial charge on any atom is 0.0399 e. The summed E-state index contributed by atoms with van der Waals surface area (Å²) in [5.41, 5.74) is 2.97. The van der Waals surface area contributed by atoms with Crippen molar-refractivity contribution in [2.24, 2.45) is 0 Å². The van der Waals surface area contributed by atoms with E-state index >= 15 is 0 Å². The zero-order valence-corrected chi connectivity index (χ0v) is 11.1. The quantitative estimate of drug-likeness (QED) is 0.840. The van der Waals surface area contributed by atoms with Crippen molar-refractivity contribution in [2.75, 3.05) is 24.5 Å². The molecule has 0 spiro atoms. The zero-order chi connectivity index (χ0) is 12.1. The van der Waals surface area contributed by atoms with Gasteiger partial charge in [-0.15, -0.1) is 0 Å². The molecule has 0 radical (unpaired) electrons. The van der Waals surface area contributed by atoms with E-state index in [1.807, 2.05) is 0 Å². The second-order valence-electron chi connectivity index (χ2n) is 4.84. The van der Waals surface area contributed by atoms with Gasteiger partial charge in [-0.3, -0.25) is 0 Å². The Bertz CT molecular complexity index is 349. The first-order valence-corrected chi connectivity index (χ1v) is 6.91. The van der Waals surface area contributed by atoms with Crippen LogP contribution in [0.1, 0.15) is 32.3 Å². The fourth-order valence-corrected chi connectivity index (χ4v) is 2.69. The monoisotopic (exact) mass is 232 g/mol. The summed E-state index contributed by atoms with van der Waals surface area (Å²) in [5.74, 6) is 0. The number of likely N-dealkylation sites (N-methyl/N-ethyl adjacent to an activating group) is 1. The Morgan fingerprint density at radius 3 is 2.88 bits per heavy atom.